The fraction of sp³-hybridized carbons (Fsp3) is 0.167. The Balaban J connectivity index is 1.60. The summed E-state index contributed by atoms with van der Waals surface area (Å²) < 4.78 is 41.1. The number of anilines is 1. The van der Waals surface area contributed by atoms with E-state index in [0.717, 1.165) is 28.4 Å². The number of hydrogen-bond donors (Lipinski definition) is 3. The topological polar surface area (TPSA) is 91.3 Å². The lowest BCUT2D eigenvalue weighted by atomic mass is 9.97. The predicted molar refractivity (Wildman–Crippen MR) is 153 cm³/mol. The highest BCUT2D eigenvalue weighted by Gasteiger charge is 2.34. The first-order chi connectivity index (χ1) is 19.4. The van der Waals surface area contributed by atoms with E-state index in [9.17, 15) is 22.8 Å². The second-order valence-electron chi connectivity index (χ2n) is 9.21. The van der Waals surface area contributed by atoms with Gasteiger partial charge in [-0.25, -0.2) is 0 Å². The standard InChI is InChI=1S/C30H24Cl2F3N3O3/c1-17-12-22(7-8-23(17)18-2-5-21(31)6-3-18)37-16-20-13-26(32)25(30(33,34)35)14-24(20)19-4-9-27(38-15-19)29(41)36-11-10-28(39)40/h2-9,12-15,37H,10-11,16H2,1H3,(H,36,41)(H,39,40). The van der Waals surface area contributed by atoms with Gasteiger partial charge in [0, 0.05) is 35.6 Å². The predicted octanol–water partition coefficient (Wildman–Crippen LogP) is 7.87. The molecule has 0 aliphatic carbocycles. The van der Waals surface area contributed by atoms with E-state index in [4.69, 9.17) is 28.3 Å². The molecule has 3 aromatic carbocycles. The number of amides is 1. The molecule has 0 saturated carbocycles. The van der Waals surface area contributed by atoms with Crippen molar-refractivity contribution < 1.29 is 27.9 Å². The molecule has 0 unspecified atom stereocenters. The molecule has 0 aliphatic rings. The maximum atomic E-state index is 13.7. The lowest BCUT2D eigenvalue weighted by molar-refractivity contribution is -0.138. The smallest absolute Gasteiger partial charge is 0.417 e. The molecular formula is C30H24Cl2F3N3O3. The van der Waals surface area contributed by atoms with Gasteiger partial charge < -0.3 is 15.7 Å². The number of carbonyl (C=O) groups excluding carboxylic acids is 1. The van der Waals surface area contributed by atoms with Crippen LogP contribution in [-0.2, 0) is 17.5 Å². The quantitative estimate of drug-likeness (QED) is 0.181. The SMILES string of the molecule is Cc1cc(NCc2cc(Cl)c(C(F)(F)F)cc2-c2ccc(C(=O)NCCC(=O)O)nc2)ccc1-c1ccc(Cl)cc1. The van der Waals surface area contributed by atoms with Gasteiger partial charge in [-0.15, -0.1) is 0 Å². The summed E-state index contributed by atoms with van der Waals surface area (Å²) in [5.41, 5.74) is 3.86. The molecule has 11 heteroatoms. The Hall–Kier alpha value is -4.08. The summed E-state index contributed by atoms with van der Waals surface area (Å²) in [6, 6.07) is 18.3. The van der Waals surface area contributed by atoms with Gasteiger partial charge in [0.2, 0.25) is 0 Å². The van der Waals surface area contributed by atoms with Crippen molar-refractivity contribution in [1.29, 1.82) is 0 Å². The lowest BCUT2D eigenvalue weighted by Crippen LogP contribution is -2.26. The first kappa shape index (κ1) is 29.9. The number of carbonyl (C=O) groups is 2. The molecule has 0 saturated heterocycles. The van der Waals surface area contributed by atoms with Crippen LogP contribution in [0.2, 0.25) is 10.0 Å². The first-order valence-electron chi connectivity index (χ1n) is 12.4. The Morgan fingerprint density at radius 2 is 1.63 bits per heavy atom. The maximum absolute atomic E-state index is 13.7. The number of alkyl halides is 3. The molecule has 0 spiro atoms. The number of pyridine rings is 1. The van der Waals surface area contributed by atoms with E-state index >= 15 is 0 Å². The van der Waals surface area contributed by atoms with Gasteiger partial charge in [0.1, 0.15) is 5.69 Å². The summed E-state index contributed by atoms with van der Waals surface area (Å²) in [4.78, 5) is 27.0. The molecule has 0 atom stereocenters. The Kier molecular flexibility index (Phi) is 9.20. The molecular weight excluding hydrogens is 578 g/mol. The van der Waals surface area contributed by atoms with Crippen LogP contribution < -0.4 is 10.6 Å². The van der Waals surface area contributed by atoms with E-state index in [-0.39, 0.29) is 30.8 Å². The van der Waals surface area contributed by atoms with E-state index < -0.39 is 28.6 Å². The van der Waals surface area contributed by atoms with Gasteiger partial charge in [0.15, 0.2) is 0 Å². The highest BCUT2D eigenvalue weighted by Crippen LogP contribution is 2.39. The number of aromatic nitrogens is 1. The van der Waals surface area contributed by atoms with E-state index in [1.54, 1.807) is 0 Å². The van der Waals surface area contributed by atoms with Crippen LogP contribution in [-0.4, -0.2) is 28.5 Å². The molecule has 41 heavy (non-hydrogen) atoms. The van der Waals surface area contributed by atoms with Gasteiger partial charge in [-0.2, -0.15) is 13.2 Å². The first-order valence-corrected chi connectivity index (χ1v) is 13.1. The highest BCUT2D eigenvalue weighted by atomic mass is 35.5. The molecule has 1 heterocycles. The molecule has 4 rings (SSSR count). The van der Waals surface area contributed by atoms with Crippen LogP contribution in [0.5, 0.6) is 0 Å². The van der Waals surface area contributed by atoms with Crippen molar-refractivity contribution >= 4 is 40.8 Å². The number of halogens is 5. The molecule has 0 fully saturated rings. The summed E-state index contributed by atoms with van der Waals surface area (Å²) >= 11 is 12.0. The summed E-state index contributed by atoms with van der Waals surface area (Å²) in [6.07, 6.45) is -3.64. The minimum absolute atomic E-state index is 0.0000690. The number of rotatable bonds is 9. The van der Waals surface area contributed by atoms with Crippen molar-refractivity contribution in [3.8, 4) is 22.3 Å². The molecule has 4 aromatic rings. The highest BCUT2D eigenvalue weighted by molar-refractivity contribution is 6.31. The van der Waals surface area contributed by atoms with Crippen LogP contribution in [0.4, 0.5) is 18.9 Å². The van der Waals surface area contributed by atoms with E-state index in [2.05, 4.69) is 15.6 Å². The molecule has 212 valence electrons. The number of carboxylic acid groups (broad SMARTS) is 1. The Morgan fingerprint density at radius 1 is 0.927 bits per heavy atom. The summed E-state index contributed by atoms with van der Waals surface area (Å²) in [7, 11) is 0. The number of hydrogen-bond acceptors (Lipinski definition) is 4. The fourth-order valence-corrected chi connectivity index (χ4v) is 4.65. The number of benzene rings is 3. The molecule has 0 radical (unpaired) electrons. The zero-order valence-electron chi connectivity index (χ0n) is 21.7. The summed E-state index contributed by atoms with van der Waals surface area (Å²) in [5.74, 6) is -1.66. The molecule has 1 aromatic heterocycles. The second-order valence-corrected chi connectivity index (χ2v) is 10.1. The van der Waals surface area contributed by atoms with Crippen molar-refractivity contribution in [3.63, 3.8) is 0 Å². The average Bonchev–Trinajstić information content (AvgIpc) is 2.92. The summed E-state index contributed by atoms with van der Waals surface area (Å²) in [5, 5.41) is 14.6. The number of aliphatic carboxylic acids is 1. The molecule has 6 nitrogen and oxygen atoms in total. The van der Waals surface area contributed by atoms with E-state index in [0.29, 0.717) is 16.1 Å². The number of nitrogens with one attached hydrogen (secondary N) is 2. The van der Waals surface area contributed by atoms with Gasteiger partial charge in [-0.3, -0.25) is 14.6 Å². The van der Waals surface area contributed by atoms with Gasteiger partial charge in [-0.05, 0) is 77.2 Å². The van der Waals surface area contributed by atoms with Crippen LogP contribution >= 0.6 is 23.2 Å². The maximum Gasteiger partial charge on any atom is 0.417 e. The van der Waals surface area contributed by atoms with Crippen molar-refractivity contribution in [3.05, 3.63) is 105 Å². The number of aryl methyl sites for hydroxylation is 1. The summed E-state index contributed by atoms with van der Waals surface area (Å²) in [6.45, 7) is 2.03. The van der Waals surface area contributed by atoms with Crippen molar-refractivity contribution in [2.45, 2.75) is 26.1 Å². The minimum atomic E-state index is -4.68. The van der Waals surface area contributed by atoms with Crippen LogP contribution in [0.15, 0.2) is 72.9 Å². The van der Waals surface area contributed by atoms with Gasteiger partial charge in [0.25, 0.3) is 5.91 Å². The Bertz CT molecular complexity index is 1580. The van der Waals surface area contributed by atoms with Crippen LogP contribution in [0.1, 0.15) is 33.6 Å². The Morgan fingerprint density at radius 3 is 2.24 bits per heavy atom. The normalized spacial score (nSPS) is 11.3. The molecule has 0 aliphatic heterocycles. The lowest BCUT2D eigenvalue weighted by Gasteiger charge is -2.17. The minimum Gasteiger partial charge on any atom is -0.481 e. The van der Waals surface area contributed by atoms with Crippen molar-refractivity contribution in [2.75, 3.05) is 11.9 Å². The van der Waals surface area contributed by atoms with Gasteiger partial charge >= 0.3 is 12.1 Å². The zero-order valence-corrected chi connectivity index (χ0v) is 23.2. The van der Waals surface area contributed by atoms with Gasteiger partial charge in [0.05, 0.1) is 17.0 Å². The molecule has 3 N–H and O–H groups in total. The fourth-order valence-electron chi connectivity index (χ4n) is 4.23. The van der Waals surface area contributed by atoms with Crippen molar-refractivity contribution in [2.24, 2.45) is 0 Å². The van der Waals surface area contributed by atoms with Crippen LogP contribution in [0.3, 0.4) is 0 Å². The second kappa shape index (κ2) is 12.6. The van der Waals surface area contributed by atoms with Crippen molar-refractivity contribution in [1.82, 2.24) is 10.3 Å². The third-order valence-electron chi connectivity index (χ3n) is 6.29. The third kappa shape index (κ3) is 7.56. The zero-order chi connectivity index (χ0) is 29.7. The monoisotopic (exact) mass is 601 g/mol. The Labute approximate surface area is 244 Å². The average molecular weight is 602 g/mol. The van der Waals surface area contributed by atoms with Gasteiger partial charge in [-0.1, -0.05) is 47.5 Å². The number of carboxylic acids is 1. The van der Waals surface area contributed by atoms with Crippen LogP contribution in [0.25, 0.3) is 22.3 Å². The van der Waals surface area contributed by atoms with Crippen LogP contribution in [0, 0.1) is 6.92 Å². The molecule has 0 bridgehead atoms. The molecule has 1 amide bonds. The third-order valence-corrected chi connectivity index (χ3v) is 6.86. The largest absolute Gasteiger partial charge is 0.481 e. The van der Waals surface area contributed by atoms with E-state index in [1.807, 2.05) is 49.4 Å². The number of nitrogens with zero attached hydrogens (tertiary/aromatic N) is 1. The van der Waals surface area contributed by atoms with E-state index in [1.165, 1.54) is 24.4 Å².